The largest absolute Gasteiger partial charge is 0.466 e. The summed E-state index contributed by atoms with van der Waals surface area (Å²) in [6.45, 7) is 0. The zero-order chi connectivity index (χ0) is 12.7. The maximum Gasteiger partial charge on any atom is 0.337 e. The van der Waals surface area contributed by atoms with E-state index in [9.17, 15) is 0 Å². The fraction of sp³-hybridized carbons (Fsp3) is 0.545. The highest BCUT2D eigenvalue weighted by molar-refractivity contribution is 6.35. The Kier molecular flexibility index (Phi) is 3.03. The molecule has 1 fully saturated rings. The maximum atomic E-state index is 6.38. The fourth-order valence-corrected chi connectivity index (χ4v) is 3.20. The summed E-state index contributed by atoms with van der Waals surface area (Å²) in [5.41, 5.74) is 0.885. The predicted octanol–water partition coefficient (Wildman–Crippen LogP) is 3.10. The third kappa shape index (κ3) is 1.82. The van der Waals surface area contributed by atoms with E-state index in [4.69, 9.17) is 27.9 Å². The van der Waals surface area contributed by atoms with E-state index in [0.29, 0.717) is 22.0 Å². The maximum absolute atomic E-state index is 6.38. The first kappa shape index (κ1) is 12.0. The molecule has 0 aliphatic heterocycles. The van der Waals surface area contributed by atoms with Crippen molar-refractivity contribution in [3.05, 3.63) is 15.9 Å². The number of hydrogen-bond acceptors (Lipinski definition) is 4. The van der Waals surface area contributed by atoms with Crippen LogP contribution in [0, 0.1) is 0 Å². The van der Waals surface area contributed by atoms with Crippen LogP contribution in [0.5, 0.6) is 6.01 Å². The van der Waals surface area contributed by atoms with E-state index in [1.165, 1.54) is 24.5 Å². The van der Waals surface area contributed by atoms with Crippen molar-refractivity contribution in [2.45, 2.75) is 31.6 Å². The molecular formula is C11H12Cl2N4O. The van der Waals surface area contributed by atoms with Gasteiger partial charge in [-0.1, -0.05) is 36.0 Å². The number of nitrogens with zero attached hydrogens (tertiary/aromatic N) is 4. The van der Waals surface area contributed by atoms with Crippen molar-refractivity contribution in [3.8, 4) is 6.01 Å². The topological polar surface area (TPSA) is 52.3 Å². The summed E-state index contributed by atoms with van der Waals surface area (Å²) in [7, 11) is 1.50. The van der Waals surface area contributed by atoms with Gasteiger partial charge >= 0.3 is 6.01 Å². The summed E-state index contributed by atoms with van der Waals surface area (Å²) < 4.78 is 6.46. The van der Waals surface area contributed by atoms with Crippen molar-refractivity contribution in [1.29, 1.82) is 0 Å². The van der Waals surface area contributed by atoms with Crippen molar-refractivity contribution in [1.82, 2.24) is 19.6 Å². The molecule has 1 aliphatic rings. The molecule has 2 aromatic rings. The Bertz CT molecular complexity index is 592. The molecule has 0 amide bonds. The zero-order valence-corrected chi connectivity index (χ0v) is 11.4. The number of hydrogen-bond donors (Lipinski definition) is 0. The van der Waals surface area contributed by atoms with Gasteiger partial charge < -0.3 is 4.74 Å². The van der Waals surface area contributed by atoms with Crippen LogP contribution in [0.2, 0.25) is 10.3 Å². The molecule has 0 aromatic carbocycles. The minimum atomic E-state index is 0.240. The van der Waals surface area contributed by atoms with Crippen LogP contribution in [0.3, 0.4) is 0 Å². The van der Waals surface area contributed by atoms with E-state index < -0.39 is 0 Å². The molecule has 96 valence electrons. The molecular weight excluding hydrogens is 275 g/mol. The SMILES string of the molecule is COc1nc2nc(Cl)c(C3CCCC3)c(Cl)n2n1. The van der Waals surface area contributed by atoms with Crippen LogP contribution >= 0.6 is 23.2 Å². The standard InChI is InChI=1S/C11H12Cl2N4O/c1-18-11-15-10-14-8(12)7(6-4-2-3-5-6)9(13)17(10)16-11/h6H,2-5H2,1H3. The molecule has 0 unspecified atom stereocenters. The van der Waals surface area contributed by atoms with Crippen LogP contribution < -0.4 is 4.74 Å². The lowest BCUT2D eigenvalue weighted by molar-refractivity contribution is 0.380. The molecule has 18 heavy (non-hydrogen) atoms. The van der Waals surface area contributed by atoms with E-state index >= 15 is 0 Å². The van der Waals surface area contributed by atoms with Crippen LogP contribution in [0.15, 0.2) is 0 Å². The molecule has 0 bridgehead atoms. The Labute approximate surface area is 114 Å². The molecule has 0 radical (unpaired) electrons. The number of rotatable bonds is 2. The van der Waals surface area contributed by atoms with Gasteiger partial charge in [0.15, 0.2) is 0 Å². The van der Waals surface area contributed by atoms with E-state index in [1.54, 1.807) is 0 Å². The summed E-state index contributed by atoms with van der Waals surface area (Å²) in [4.78, 5) is 8.31. The van der Waals surface area contributed by atoms with Gasteiger partial charge in [0, 0.05) is 5.56 Å². The quantitative estimate of drug-likeness (QED) is 0.796. The number of ether oxygens (including phenoxy) is 1. The van der Waals surface area contributed by atoms with E-state index in [2.05, 4.69) is 15.1 Å². The monoisotopic (exact) mass is 286 g/mol. The van der Waals surface area contributed by atoms with Crippen LogP contribution in [0.4, 0.5) is 0 Å². The molecule has 5 nitrogen and oxygen atoms in total. The second kappa shape index (κ2) is 4.55. The lowest BCUT2D eigenvalue weighted by Gasteiger charge is -2.13. The molecule has 7 heteroatoms. The average molecular weight is 287 g/mol. The zero-order valence-electron chi connectivity index (χ0n) is 9.86. The fourth-order valence-electron chi connectivity index (χ4n) is 2.47. The summed E-state index contributed by atoms with van der Waals surface area (Å²) in [6.07, 6.45) is 4.60. The van der Waals surface area contributed by atoms with Gasteiger partial charge in [-0.05, 0) is 18.8 Å². The lowest BCUT2D eigenvalue weighted by Crippen LogP contribution is -2.03. The van der Waals surface area contributed by atoms with Crippen molar-refractivity contribution in [2.75, 3.05) is 7.11 Å². The van der Waals surface area contributed by atoms with Gasteiger partial charge in [-0.3, -0.25) is 0 Å². The van der Waals surface area contributed by atoms with Gasteiger partial charge in [-0.15, -0.1) is 5.10 Å². The molecule has 1 saturated carbocycles. The Balaban J connectivity index is 2.18. The molecule has 2 aromatic heterocycles. The normalized spacial score (nSPS) is 16.6. The van der Waals surface area contributed by atoms with Gasteiger partial charge in [-0.2, -0.15) is 14.5 Å². The highest BCUT2D eigenvalue weighted by Crippen LogP contribution is 2.40. The van der Waals surface area contributed by atoms with Gasteiger partial charge in [0.25, 0.3) is 5.78 Å². The van der Waals surface area contributed by atoms with Crippen molar-refractivity contribution >= 4 is 29.0 Å². The van der Waals surface area contributed by atoms with Crippen molar-refractivity contribution < 1.29 is 4.74 Å². The van der Waals surface area contributed by atoms with E-state index in [-0.39, 0.29) is 6.01 Å². The highest BCUT2D eigenvalue weighted by atomic mass is 35.5. The van der Waals surface area contributed by atoms with Crippen LogP contribution in [-0.4, -0.2) is 26.7 Å². The lowest BCUT2D eigenvalue weighted by atomic mass is 10.0. The highest BCUT2D eigenvalue weighted by Gasteiger charge is 2.26. The van der Waals surface area contributed by atoms with Gasteiger partial charge in [0.2, 0.25) is 0 Å². The molecule has 0 atom stereocenters. The van der Waals surface area contributed by atoms with Crippen LogP contribution in [0.1, 0.15) is 37.2 Å². The van der Waals surface area contributed by atoms with E-state index in [1.807, 2.05) is 0 Å². The molecule has 0 spiro atoms. The third-order valence-corrected chi connectivity index (χ3v) is 4.00. The first-order valence-corrected chi connectivity index (χ1v) is 6.62. The predicted molar refractivity (Wildman–Crippen MR) is 68.6 cm³/mol. The van der Waals surface area contributed by atoms with Crippen molar-refractivity contribution in [3.63, 3.8) is 0 Å². The van der Waals surface area contributed by atoms with Gasteiger partial charge in [-0.25, -0.2) is 0 Å². The van der Waals surface area contributed by atoms with Crippen LogP contribution in [0.25, 0.3) is 5.78 Å². The first-order chi connectivity index (χ1) is 8.70. The molecule has 0 saturated heterocycles. The minimum absolute atomic E-state index is 0.240. The molecule has 3 rings (SSSR count). The summed E-state index contributed by atoms with van der Waals surface area (Å²) in [5.74, 6) is 0.737. The van der Waals surface area contributed by atoms with Gasteiger partial charge in [0.05, 0.1) is 7.11 Å². The number of halogens is 2. The number of aromatic nitrogens is 4. The third-order valence-electron chi connectivity index (χ3n) is 3.35. The van der Waals surface area contributed by atoms with Gasteiger partial charge in [0.1, 0.15) is 10.3 Å². The second-order valence-electron chi connectivity index (χ2n) is 4.40. The molecule has 0 N–H and O–H groups in total. The summed E-state index contributed by atoms with van der Waals surface area (Å²) in [6, 6.07) is 0.240. The Morgan fingerprint density at radius 3 is 2.61 bits per heavy atom. The minimum Gasteiger partial charge on any atom is -0.466 e. The average Bonchev–Trinajstić information content (AvgIpc) is 2.97. The van der Waals surface area contributed by atoms with Crippen molar-refractivity contribution in [2.24, 2.45) is 0 Å². The summed E-state index contributed by atoms with van der Waals surface area (Å²) in [5, 5.41) is 5.05. The number of fused-ring (bicyclic) bond motifs is 1. The number of methoxy groups -OCH3 is 1. The van der Waals surface area contributed by atoms with Crippen LogP contribution in [-0.2, 0) is 0 Å². The second-order valence-corrected chi connectivity index (χ2v) is 5.11. The Hall–Kier alpha value is -1.07. The first-order valence-electron chi connectivity index (χ1n) is 5.86. The Morgan fingerprint density at radius 2 is 1.94 bits per heavy atom. The smallest absolute Gasteiger partial charge is 0.337 e. The molecule has 2 heterocycles. The summed E-state index contributed by atoms with van der Waals surface area (Å²) >= 11 is 12.6. The van der Waals surface area contributed by atoms with E-state index in [0.717, 1.165) is 18.4 Å². The molecule has 1 aliphatic carbocycles. The Morgan fingerprint density at radius 1 is 1.22 bits per heavy atom.